The Labute approximate surface area is 115 Å². The van der Waals surface area contributed by atoms with Crippen LogP contribution in [0.4, 0.5) is 0 Å². The molecule has 0 aromatic carbocycles. The summed E-state index contributed by atoms with van der Waals surface area (Å²) in [6.45, 7) is 5.19. The second-order valence-electron chi connectivity index (χ2n) is 5.47. The molecular weight excluding hydrogens is 244 g/mol. The van der Waals surface area contributed by atoms with Crippen LogP contribution in [0, 0.1) is 5.92 Å². The van der Waals surface area contributed by atoms with Crippen LogP contribution in [-0.2, 0) is 4.74 Å². The van der Waals surface area contributed by atoms with Gasteiger partial charge in [0, 0.05) is 26.2 Å². The van der Waals surface area contributed by atoms with Crippen LogP contribution in [0.1, 0.15) is 19.3 Å². The number of β-amino-alcohol motifs (C(OH)–C–C–N with tert-alkyl or cyclic N) is 1. The third-order valence-corrected chi connectivity index (χ3v) is 3.84. The molecule has 1 aliphatic carbocycles. The Morgan fingerprint density at radius 2 is 2.16 bits per heavy atom. The molecule has 0 spiro atoms. The number of nitrogens with two attached hydrogens (primary N) is 1. The SMILES string of the molecule is NC(=NCC(O)CN1CCOCC1)NCC1CCC1. The lowest BCUT2D eigenvalue weighted by Crippen LogP contribution is -2.42. The zero-order chi connectivity index (χ0) is 13.5. The molecule has 2 fully saturated rings. The van der Waals surface area contributed by atoms with Gasteiger partial charge in [-0.1, -0.05) is 6.42 Å². The zero-order valence-corrected chi connectivity index (χ0v) is 11.6. The molecule has 2 aliphatic rings. The van der Waals surface area contributed by atoms with E-state index < -0.39 is 6.10 Å². The normalized spacial score (nSPS) is 23.9. The smallest absolute Gasteiger partial charge is 0.188 e. The van der Waals surface area contributed by atoms with E-state index in [1.807, 2.05) is 0 Å². The molecule has 1 unspecified atom stereocenters. The summed E-state index contributed by atoms with van der Waals surface area (Å²) in [4.78, 5) is 6.39. The zero-order valence-electron chi connectivity index (χ0n) is 11.6. The molecular formula is C13H26N4O2. The number of nitrogens with one attached hydrogen (secondary N) is 1. The Morgan fingerprint density at radius 1 is 1.42 bits per heavy atom. The highest BCUT2D eigenvalue weighted by Gasteiger charge is 2.17. The third kappa shape index (κ3) is 5.34. The average molecular weight is 270 g/mol. The minimum absolute atomic E-state index is 0.362. The summed E-state index contributed by atoms with van der Waals surface area (Å²) in [6, 6.07) is 0. The summed E-state index contributed by atoms with van der Waals surface area (Å²) < 4.78 is 5.27. The van der Waals surface area contributed by atoms with E-state index in [1.165, 1.54) is 19.3 Å². The fourth-order valence-electron chi connectivity index (χ4n) is 2.34. The maximum atomic E-state index is 9.91. The first-order chi connectivity index (χ1) is 9.24. The molecule has 4 N–H and O–H groups in total. The monoisotopic (exact) mass is 270 g/mol. The number of hydrogen-bond acceptors (Lipinski definition) is 4. The van der Waals surface area contributed by atoms with Crippen LogP contribution in [-0.4, -0.2) is 68.0 Å². The topological polar surface area (TPSA) is 83.1 Å². The second kappa shape index (κ2) is 7.67. The van der Waals surface area contributed by atoms with Crippen molar-refractivity contribution < 1.29 is 9.84 Å². The van der Waals surface area contributed by atoms with Gasteiger partial charge in [-0.3, -0.25) is 9.89 Å². The molecule has 0 aromatic heterocycles. The molecule has 0 aromatic rings. The minimum atomic E-state index is -0.456. The maximum absolute atomic E-state index is 9.91. The number of guanidine groups is 1. The van der Waals surface area contributed by atoms with Gasteiger partial charge in [-0.2, -0.15) is 0 Å². The predicted octanol–water partition coefficient (Wildman–Crippen LogP) is -0.616. The number of aliphatic imine (C=N–C) groups is 1. The van der Waals surface area contributed by atoms with Crippen LogP contribution < -0.4 is 11.1 Å². The van der Waals surface area contributed by atoms with Crippen molar-refractivity contribution in [2.45, 2.75) is 25.4 Å². The van der Waals surface area contributed by atoms with Crippen LogP contribution in [0.15, 0.2) is 4.99 Å². The molecule has 1 aliphatic heterocycles. The quantitative estimate of drug-likeness (QED) is 0.443. The Bertz CT molecular complexity index is 288. The maximum Gasteiger partial charge on any atom is 0.188 e. The molecule has 1 saturated heterocycles. The van der Waals surface area contributed by atoms with Gasteiger partial charge in [-0.25, -0.2) is 0 Å². The van der Waals surface area contributed by atoms with E-state index in [4.69, 9.17) is 10.5 Å². The van der Waals surface area contributed by atoms with Crippen molar-refractivity contribution in [2.24, 2.45) is 16.6 Å². The van der Waals surface area contributed by atoms with Gasteiger partial charge in [0.05, 0.1) is 25.9 Å². The number of rotatable bonds is 6. The van der Waals surface area contributed by atoms with Gasteiger partial charge in [0.2, 0.25) is 0 Å². The van der Waals surface area contributed by atoms with Crippen molar-refractivity contribution in [3.8, 4) is 0 Å². The van der Waals surface area contributed by atoms with Crippen molar-refractivity contribution in [2.75, 3.05) is 45.9 Å². The van der Waals surface area contributed by atoms with Crippen LogP contribution in [0.5, 0.6) is 0 Å². The molecule has 1 saturated carbocycles. The lowest BCUT2D eigenvalue weighted by atomic mass is 9.85. The molecule has 19 heavy (non-hydrogen) atoms. The lowest BCUT2D eigenvalue weighted by Gasteiger charge is -2.28. The van der Waals surface area contributed by atoms with Gasteiger partial charge >= 0.3 is 0 Å². The molecule has 110 valence electrons. The van der Waals surface area contributed by atoms with Gasteiger partial charge < -0.3 is 20.9 Å². The molecule has 0 bridgehead atoms. The molecule has 0 radical (unpaired) electrons. The summed E-state index contributed by atoms with van der Waals surface area (Å²) in [7, 11) is 0. The van der Waals surface area contributed by atoms with Gasteiger partial charge in [-0.05, 0) is 18.8 Å². The summed E-state index contributed by atoms with van der Waals surface area (Å²) in [5.41, 5.74) is 5.78. The number of aliphatic hydroxyl groups is 1. The Kier molecular flexibility index (Phi) is 5.88. The van der Waals surface area contributed by atoms with E-state index in [-0.39, 0.29) is 0 Å². The van der Waals surface area contributed by atoms with Crippen LogP contribution in [0.3, 0.4) is 0 Å². The van der Waals surface area contributed by atoms with Gasteiger partial charge in [-0.15, -0.1) is 0 Å². The van der Waals surface area contributed by atoms with Crippen molar-refractivity contribution in [1.29, 1.82) is 0 Å². The number of nitrogens with zero attached hydrogens (tertiary/aromatic N) is 2. The average Bonchev–Trinajstić information content (AvgIpc) is 2.36. The number of hydrogen-bond donors (Lipinski definition) is 3. The molecule has 6 heteroatoms. The van der Waals surface area contributed by atoms with Crippen molar-refractivity contribution in [3.05, 3.63) is 0 Å². The summed E-state index contributed by atoms with van der Waals surface area (Å²) in [5.74, 6) is 1.21. The molecule has 1 heterocycles. The van der Waals surface area contributed by atoms with Crippen LogP contribution >= 0.6 is 0 Å². The highest BCUT2D eigenvalue weighted by Crippen LogP contribution is 2.24. The van der Waals surface area contributed by atoms with Gasteiger partial charge in [0.25, 0.3) is 0 Å². The first-order valence-corrected chi connectivity index (χ1v) is 7.26. The third-order valence-electron chi connectivity index (χ3n) is 3.84. The highest BCUT2D eigenvalue weighted by atomic mass is 16.5. The highest BCUT2D eigenvalue weighted by molar-refractivity contribution is 5.77. The van der Waals surface area contributed by atoms with E-state index in [1.54, 1.807) is 0 Å². The largest absolute Gasteiger partial charge is 0.390 e. The number of aliphatic hydroxyl groups excluding tert-OH is 1. The number of ether oxygens (including phenoxy) is 1. The van der Waals surface area contributed by atoms with Crippen molar-refractivity contribution in [3.63, 3.8) is 0 Å². The van der Waals surface area contributed by atoms with E-state index in [0.717, 1.165) is 38.8 Å². The van der Waals surface area contributed by atoms with E-state index in [9.17, 15) is 5.11 Å². The van der Waals surface area contributed by atoms with E-state index in [2.05, 4.69) is 15.2 Å². The number of morpholine rings is 1. The summed E-state index contributed by atoms with van der Waals surface area (Å²) in [6.07, 6.45) is 3.46. The lowest BCUT2D eigenvalue weighted by molar-refractivity contribution is 0.0165. The molecule has 1 atom stereocenters. The second-order valence-corrected chi connectivity index (χ2v) is 5.47. The Hall–Kier alpha value is -0.850. The van der Waals surface area contributed by atoms with Crippen molar-refractivity contribution in [1.82, 2.24) is 10.2 Å². The van der Waals surface area contributed by atoms with Crippen LogP contribution in [0.2, 0.25) is 0 Å². The fraction of sp³-hybridized carbons (Fsp3) is 0.923. The summed E-state index contributed by atoms with van der Waals surface area (Å²) in [5, 5.41) is 13.0. The Morgan fingerprint density at radius 3 is 2.79 bits per heavy atom. The first-order valence-electron chi connectivity index (χ1n) is 7.26. The van der Waals surface area contributed by atoms with E-state index >= 15 is 0 Å². The molecule has 0 amide bonds. The predicted molar refractivity (Wildman–Crippen MR) is 75.1 cm³/mol. The summed E-state index contributed by atoms with van der Waals surface area (Å²) >= 11 is 0. The fourth-order valence-corrected chi connectivity index (χ4v) is 2.34. The van der Waals surface area contributed by atoms with Gasteiger partial charge in [0.1, 0.15) is 0 Å². The van der Waals surface area contributed by atoms with Gasteiger partial charge in [0.15, 0.2) is 5.96 Å². The molecule has 6 nitrogen and oxygen atoms in total. The first kappa shape index (κ1) is 14.6. The van der Waals surface area contributed by atoms with Crippen LogP contribution in [0.25, 0.3) is 0 Å². The molecule has 2 rings (SSSR count). The minimum Gasteiger partial charge on any atom is -0.390 e. The van der Waals surface area contributed by atoms with Crippen molar-refractivity contribution >= 4 is 5.96 Å². The van der Waals surface area contributed by atoms with E-state index in [0.29, 0.717) is 19.0 Å². The Balaban J connectivity index is 1.58. The standard InChI is InChI=1S/C13H26N4O2/c14-13(15-8-11-2-1-3-11)16-9-12(18)10-17-4-6-19-7-5-17/h11-12,18H,1-10H2,(H3,14,15,16).